The van der Waals surface area contributed by atoms with Crippen LogP contribution >= 0.6 is 11.6 Å². The fourth-order valence-corrected chi connectivity index (χ4v) is 5.50. The highest BCUT2D eigenvalue weighted by molar-refractivity contribution is 7.88. The van der Waals surface area contributed by atoms with Crippen LogP contribution in [0.4, 0.5) is 19.0 Å². The Morgan fingerprint density at radius 3 is 2.30 bits per heavy atom. The second-order valence-corrected chi connectivity index (χ2v) is 11.1. The number of aromatic nitrogens is 1. The molecule has 0 amide bonds. The van der Waals surface area contributed by atoms with Crippen LogP contribution in [-0.2, 0) is 27.6 Å². The fraction of sp³-hybridized carbons (Fsp3) is 0.320. The van der Waals surface area contributed by atoms with Crippen LogP contribution in [0.15, 0.2) is 72.9 Å². The number of nitrogens with zero attached hydrogens (tertiary/aromatic N) is 4. The molecule has 198 valence electrons. The van der Waals surface area contributed by atoms with Crippen LogP contribution in [0.2, 0.25) is 5.02 Å². The van der Waals surface area contributed by atoms with Crippen molar-refractivity contribution in [2.24, 2.45) is 0 Å². The lowest BCUT2D eigenvalue weighted by molar-refractivity contribution is -0.172. The third kappa shape index (κ3) is 6.60. The van der Waals surface area contributed by atoms with Crippen LogP contribution in [0.3, 0.4) is 0 Å². The number of benzene rings is 2. The van der Waals surface area contributed by atoms with Gasteiger partial charge in [0.25, 0.3) is 0 Å². The molecular formula is C25H26ClF3N4O3S. The normalized spacial score (nSPS) is 18.9. The summed E-state index contributed by atoms with van der Waals surface area (Å²) in [6.45, 7) is 0.390. The minimum absolute atomic E-state index is 0.0943. The number of hydrazine groups is 1. The van der Waals surface area contributed by atoms with Crippen LogP contribution in [0.5, 0.6) is 0 Å². The lowest BCUT2D eigenvalue weighted by atomic mass is 10.0. The smallest absolute Gasteiger partial charge is 0.293 e. The highest BCUT2D eigenvalue weighted by Crippen LogP contribution is 2.37. The zero-order valence-electron chi connectivity index (χ0n) is 20.1. The number of pyridine rings is 1. The molecule has 0 radical (unpaired) electrons. The van der Waals surface area contributed by atoms with Crippen LogP contribution in [0, 0.1) is 0 Å². The number of hydroxylamine groups is 2. The van der Waals surface area contributed by atoms with Crippen molar-refractivity contribution in [3.05, 3.63) is 94.6 Å². The molecule has 0 unspecified atom stereocenters. The highest BCUT2D eigenvalue weighted by atomic mass is 35.5. The van der Waals surface area contributed by atoms with E-state index in [9.17, 15) is 21.6 Å². The quantitative estimate of drug-likeness (QED) is 0.351. The zero-order chi connectivity index (χ0) is 26.8. The number of sulfonamides is 1. The van der Waals surface area contributed by atoms with Crippen molar-refractivity contribution in [1.82, 2.24) is 14.5 Å². The minimum atomic E-state index is -4.63. The molecule has 7 nitrogen and oxygen atoms in total. The van der Waals surface area contributed by atoms with Crippen molar-refractivity contribution in [1.29, 1.82) is 0 Å². The summed E-state index contributed by atoms with van der Waals surface area (Å²) < 4.78 is 65.7. The topological polar surface area (TPSA) is 66.0 Å². The Kier molecular flexibility index (Phi) is 8.10. The van der Waals surface area contributed by atoms with Crippen molar-refractivity contribution >= 4 is 27.4 Å². The van der Waals surface area contributed by atoms with Gasteiger partial charge in [0.05, 0.1) is 35.5 Å². The van der Waals surface area contributed by atoms with Crippen LogP contribution in [0.1, 0.15) is 29.2 Å². The molecule has 2 heterocycles. The molecule has 0 spiro atoms. The average molecular weight is 555 g/mol. The Balaban J connectivity index is 1.59. The summed E-state index contributed by atoms with van der Waals surface area (Å²) in [4.78, 5) is 10.0. The lowest BCUT2D eigenvalue weighted by Crippen LogP contribution is -2.48. The minimum Gasteiger partial charge on any atom is -0.293 e. The second kappa shape index (κ2) is 11.0. The third-order valence-corrected chi connectivity index (χ3v) is 7.45. The van der Waals surface area contributed by atoms with Gasteiger partial charge in [0.15, 0.2) is 5.82 Å². The van der Waals surface area contributed by atoms with Crippen molar-refractivity contribution in [2.45, 2.75) is 31.3 Å². The Hall–Kier alpha value is -2.70. The first kappa shape index (κ1) is 27.3. The molecule has 0 N–H and O–H groups in total. The van der Waals surface area contributed by atoms with E-state index >= 15 is 0 Å². The van der Waals surface area contributed by atoms with Crippen LogP contribution in [-0.4, -0.2) is 48.8 Å². The lowest BCUT2D eigenvalue weighted by Gasteiger charge is -2.32. The molecule has 1 aliphatic heterocycles. The zero-order valence-corrected chi connectivity index (χ0v) is 21.7. The molecule has 2 aromatic carbocycles. The van der Waals surface area contributed by atoms with Gasteiger partial charge in [-0.25, -0.2) is 13.4 Å². The number of alkyl halides is 3. The summed E-state index contributed by atoms with van der Waals surface area (Å²) in [7, 11) is -2.49. The van der Waals surface area contributed by atoms with Gasteiger partial charge in [0.2, 0.25) is 10.0 Å². The van der Waals surface area contributed by atoms with Gasteiger partial charge in [-0.2, -0.15) is 18.2 Å². The van der Waals surface area contributed by atoms with Gasteiger partial charge in [0, 0.05) is 19.8 Å². The summed E-state index contributed by atoms with van der Waals surface area (Å²) in [6, 6.07) is 20.1. The Morgan fingerprint density at radius 2 is 1.73 bits per heavy atom. The molecule has 1 aliphatic rings. The molecule has 0 bridgehead atoms. The van der Waals surface area contributed by atoms with Crippen LogP contribution < -0.4 is 5.01 Å². The molecule has 0 saturated carbocycles. The van der Waals surface area contributed by atoms with Crippen molar-refractivity contribution in [2.75, 3.05) is 24.9 Å². The highest BCUT2D eigenvalue weighted by Gasteiger charge is 2.39. The largest absolute Gasteiger partial charge is 0.417 e. The molecule has 4 rings (SSSR count). The number of halogens is 4. The van der Waals surface area contributed by atoms with Crippen molar-refractivity contribution < 1.29 is 26.4 Å². The maximum atomic E-state index is 13.0. The van der Waals surface area contributed by atoms with E-state index < -0.39 is 27.9 Å². The van der Waals surface area contributed by atoms with Gasteiger partial charge in [-0.05, 0) is 23.6 Å². The number of hydrogen-bond acceptors (Lipinski definition) is 6. The predicted molar refractivity (Wildman–Crippen MR) is 135 cm³/mol. The van der Waals surface area contributed by atoms with E-state index in [1.807, 2.05) is 65.7 Å². The molecule has 1 saturated heterocycles. The maximum Gasteiger partial charge on any atom is 0.417 e. The van der Waals surface area contributed by atoms with E-state index in [-0.39, 0.29) is 23.4 Å². The Bertz CT molecular complexity index is 1310. The summed E-state index contributed by atoms with van der Waals surface area (Å²) in [6.07, 6.45) is -3.05. The monoisotopic (exact) mass is 554 g/mol. The van der Waals surface area contributed by atoms with Gasteiger partial charge >= 0.3 is 6.18 Å². The van der Waals surface area contributed by atoms with E-state index in [4.69, 9.17) is 16.4 Å². The summed E-state index contributed by atoms with van der Waals surface area (Å²) in [5, 5.41) is 2.64. The maximum absolute atomic E-state index is 13.0. The van der Waals surface area contributed by atoms with Crippen molar-refractivity contribution in [3.8, 4) is 0 Å². The van der Waals surface area contributed by atoms with Gasteiger partial charge in [-0.3, -0.25) is 9.85 Å². The Labute approximate surface area is 219 Å². The van der Waals surface area contributed by atoms with E-state index in [2.05, 4.69) is 4.98 Å². The molecule has 1 aromatic heterocycles. The molecular weight excluding hydrogens is 529 g/mol. The first-order valence-corrected chi connectivity index (χ1v) is 13.6. The van der Waals surface area contributed by atoms with Crippen molar-refractivity contribution in [3.63, 3.8) is 0 Å². The van der Waals surface area contributed by atoms with Gasteiger partial charge in [0.1, 0.15) is 0 Å². The number of hydrogen-bond donors (Lipinski definition) is 0. The van der Waals surface area contributed by atoms with Crippen LogP contribution in [0.25, 0.3) is 0 Å². The number of rotatable bonds is 8. The van der Waals surface area contributed by atoms with Gasteiger partial charge in [-0.15, -0.1) is 4.41 Å². The molecule has 12 heteroatoms. The standard InChI is InChI=1S/C25H26ClF3N4O3S/c1-31(24-22(26)13-20(15-30-24)25(27,28)29)33(37(2,34)35)17-21-14-23(19-11-7-4-8-12-19)32(36-21)16-18-9-5-3-6-10-18/h3-13,15,21,23H,14,16-17H2,1-2H3/t21-,23+/m0/s1. The van der Waals surface area contributed by atoms with E-state index in [1.54, 1.807) is 0 Å². The van der Waals surface area contributed by atoms with Gasteiger partial charge in [-0.1, -0.05) is 72.3 Å². The molecule has 0 aliphatic carbocycles. The van der Waals surface area contributed by atoms with Gasteiger partial charge < -0.3 is 0 Å². The summed E-state index contributed by atoms with van der Waals surface area (Å²) >= 11 is 6.09. The number of anilines is 1. The molecule has 1 fully saturated rings. The van der Waals surface area contributed by atoms with E-state index in [0.717, 1.165) is 32.9 Å². The molecule has 2 atom stereocenters. The van der Waals surface area contributed by atoms with E-state index in [1.165, 1.54) is 7.05 Å². The molecule has 37 heavy (non-hydrogen) atoms. The third-order valence-electron chi connectivity index (χ3n) is 6.02. The van der Waals surface area contributed by atoms with E-state index in [0.29, 0.717) is 19.2 Å². The first-order chi connectivity index (χ1) is 17.4. The Morgan fingerprint density at radius 1 is 1.11 bits per heavy atom. The molecule has 3 aromatic rings. The average Bonchev–Trinajstić information content (AvgIpc) is 3.24. The SMILES string of the molecule is CN(c1ncc(C(F)(F)F)cc1Cl)N(C[C@@H]1C[C@H](c2ccccc2)N(Cc2ccccc2)O1)S(C)(=O)=O. The predicted octanol–water partition coefficient (Wildman–Crippen LogP) is 5.31. The summed E-state index contributed by atoms with van der Waals surface area (Å²) in [5.41, 5.74) is 1.02. The summed E-state index contributed by atoms with van der Waals surface area (Å²) in [5.74, 6) is -0.126. The first-order valence-electron chi connectivity index (χ1n) is 11.4. The second-order valence-electron chi connectivity index (χ2n) is 8.77. The fourth-order valence-electron chi connectivity index (χ4n) is 4.25.